The minimum Gasteiger partial charge on any atom is -0.325 e. The lowest BCUT2D eigenvalue weighted by atomic mass is 10.1. The first-order chi connectivity index (χ1) is 10.9. The van der Waals surface area contributed by atoms with Gasteiger partial charge in [0.1, 0.15) is 6.54 Å². The van der Waals surface area contributed by atoms with Crippen LogP contribution in [0.2, 0.25) is 5.02 Å². The van der Waals surface area contributed by atoms with Crippen LogP contribution in [-0.4, -0.2) is 18.4 Å². The van der Waals surface area contributed by atoms with Gasteiger partial charge in [-0.2, -0.15) is 0 Å². The predicted octanol–water partition coefficient (Wildman–Crippen LogP) is 3.95. The summed E-state index contributed by atoms with van der Waals surface area (Å²) in [4.78, 5) is 25.7. The van der Waals surface area contributed by atoms with E-state index in [0.717, 1.165) is 16.8 Å². The highest BCUT2D eigenvalue weighted by Crippen LogP contribution is 2.22. The van der Waals surface area contributed by atoms with E-state index in [4.69, 9.17) is 11.6 Å². The SMILES string of the molecule is CC(=O)N(CC(=O)Nc1ccc(Cl)cc1)c1cc(C)ccc1C. The standard InChI is InChI=1S/C18H19ClN2O2/c1-12-4-5-13(2)17(10-12)21(14(3)22)11-18(23)20-16-8-6-15(19)7-9-16/h4-10H,11H2,1-3H3,(H,20,23). The van der Waals surface area contributed by atoms with E-state index in [1.165, 1.54) is 11.8 Å². The van der Waals surface area contributed by atoms with Crippen LogP contribution in [0.5, 0.6) is 0 Å². The Hall–Kier alpha value is -2.33. The molecular formula is C18H19ClN2O2. The minimum absolute atomic E-state index is 0.0394. The van der Waals surface area contributed by atoms with Gasteiger partial charge in [-0.1, -0.05) is 23.7 Å². The highest BCUT2D eigenvalue weighted by atomic mass is 35.5. The molecule has 0 aliphatic carbocycles. The fourth-order valence-electron chi connectivity index (χ4n) is 2.25. The van der Waals surface area contributed by atoms with Gasteiger partial charge in [0.15, 0.2) is 0 Å². The van der Waals surface area contributed by atoms with Crippen molar-refractivity contribution < 1.29 is 9.59 Å². The van der Waals surface area contributed by atoms with Gasteiger partial charge in [-0.3, -0.25) is 9.59 Å². The van der Waals surface area contributed by atoms with E-state index >= 15 is 0 Å². The molecule has 0 unspecified atom stereocenters. The fraction of sp³-hybridized carbons (Fsp3) is 0.222. The summed E-state index contributed by atoms with van der Waals surface area (Å²) in [5, 5.41) is 3.37. The van der Waals surface area contributed by atoms with E-state index in [2.05, 4.69) is 5.32 Å². The maximum absolute atomic E-state index is 12.2. The van der Waals surface area contributed by atoms with Gasteiger partial charge in [-0.25, -0.2) is 0 Å². The minimum atomic E-state index is -0.261. The first kappa shape index (κ1) is 17.0. The molecule has 0 saturated carbocycles. The van der Waals surface area contributed by atoms with Gasteiger partial charge >= 0.3 is 0 Å². The zero-order valence-electron chi connectivity index (χ0n) is 13.4. The van der Waals surface area contributed by atoms with Crippen molar-refractivity contribution in [2.24, 2.45) is 0 Å². The molecule has 0 radical (unpaired) electrons. The lowest BCUT2D eigenvalue weighted by Crippen LogP contribution is -2.37. The third kappa shape index (κ3) is 4.57. The van der Waals surface area contributed by atoms with Gasteiger partial charge in [0.25, 0.3) is 0 Å². The van der Waals surface area contributed by atoms with E-state index in [-0.39, 0.29) is 18.4 Å². The molecule has 0 atom stereocenters. The number of anilines is 2. The van der Waals surface area contributed by atoms with Crippen molar-refractivity contribution in [1.29, 1.82) is 0 Å². The van der Waals surface area contributed by atoms with E-state index in [1.807, 2.05) is 32.0 Å². The van der Waals surface area contributed by atoms with E-state index in [1.54, 1.807) is 24.3 Å². The molecule has 0 saturated heterocycles. The van der Waals surface area contributed by atoms with Gasteiger partial charge in [0, 0.05) is 23.3 Å². The van der Waals surface area contributed by atoms with Crippen LogP contribution in [0, 0.1) is 13.8 Å². The van der Waals surface area contributed by atoms with Crippen LogP contribution in [0.3, 0.4) is 0 Å². The predicted molar refractivity (Wildman–Crippen MR) is 94.0 cm³/mol. The molecule has 2 amide bonds. The third-order valence-electron chi connectivity index (χ3n) is 3.47. The molecule has 1 N–H and O–H groups in total. The number of rotatable bonds is 4. The second-order valence-electron chi connectivity index (χ2n) is 5.45. The zero-order valence-corrected chi connectivity index (χ0v) is 14.1. The summed E-state index contributed by atoms with van der Waals surface area (Å²) in [7, 11) is 0. The normalized spacial score (nSPS) is 10.3. The summed E-state index contributed by atoms with van der Waals surface area (Å²) in [6, 6.07) is 12.7. The number of aryl methyl sites for hydroxylation is 2. The second-order valence-corrected chi connectivity index (χ2v) is 5.89. The molecule has 0 heterocycles. The molecule has 4 nitrogen and oxygen atoms in total. The quantitative estimate of drug-likeness (QED) is 0.922. The number of benzene rings is 2. The largest absolute Gasteiger partial charge is 0.325 e. The number of amides is 2. The Morgan fingerprint density at radius 3 is 2.35 bits per heavy atom. The molecule has 0 bridgehead atoms. The Labute approximate surface area is 141 Å². The summed E-state index contributed by atoms with van der Waals surface area (Å²) in [5.41, 5.74) is 3.38. The number of halogens is 1. The first-order valence-electron chi connectivity index (χ1n) is 7.27. The smallest absolute Gasteiger partial charge is 0.244 e. The molecule has 120 valence electrons. The van der Waals surface area contributed by atoms with Crippen molar-refractivity contribution in [2.45, 2.75) is 20.8 Å². The fourth-order valence-corrected chi connectivity index (χ4v) is 2.38. The van der Waals surface area contributed by atoms with Gasteiger partial charge in [-0.05, 0) is 55.3 Å². The Morgan fingerprint density at radius 1 is 1.09 bits per heavy atom. The number of carbonyl (C=O) groups is 2. The lowest BCUT2D eigenvalue weighted by Gasteiger charge is -2.23. The average Bonchev–Trinajstić information content (AvgIpc) is 2.49. The van der Waals surface area contributed by atoms with E-state index in [0.29, 0.717) is 10.7 Å². The number of nitrogens with one attached hydrogen (secondary N) is 1. The lowest BCUT2D eigenvalue weighted by molar-refractivity contribution is -0.120. The van der Waals surface area contributed by atoms with Crippen LogP contribution in [0.1, 0.15) is 18.1 Å². The topological polar surface area (TPSA) is 49.4 Å². The summed E-state index contributed by atoms with van der Waals surface area (Å²) < 4.78 is 0. The molecule has 2 rings (SSSR count). The van der Waals surface area contributed by atoms with Crippen LogP contribution in [0.25, 0.3) is 0 Å². The highest BCUT2D eigenvalue weighted by molar-refractivity contribution is 6.30. The molecule has 0 fully saturated rings. The van der Waals surface area contributed by atoms with Crippen LogP contribution in [0.4, 0.5) is 11.4 Å². The van der Waals surface area contributed by atoms with E-state index in [9.17, 15) is 9.59 Å². The van der Waals surface area contributed by atoms with Gasteiger partial charge < -0.3 is 10.2 Å². The summed E-state index contributed by atoms with van der Waals surface area (Å²) in [6.45, 7) is 5.29. The Balaban J connectivity index is 2.16. The maximum Gasteiger partial charge on any atom is 0.244 e. The second kappa shape index (κ2) is 7.29. The van der Waals surface area contributed by atoms with Crippen molar-refractivity contribution in [3.05, 3.63) is 58.6 Å². The Kier molecular flexibility index (Phi) is 5.40. The van der Waals surface area contributed by atoms with Crippen LogP contribution in [-0.2, 0) is 9.59 Å². The number of nitrogens with zero attached hydrogens (tertiary/aromatic N) is 1. The summed E-state index contributed by atoms with van der Waals surface area (Å²) >= 11 is 5.82. The number of carbonyl (C=O) groups excluding carboxylic acids is 2. The molecule has 0 aliphatic rings. The van der Waals surface area contributed by atoms with Crippen molar-refractivity contribution in [3.8, 4) is 0 Å². The van der Waals surface area contributed by atoms with Crippen LogP contribution < -0.4 is 10.2 Å². The average molecular weight is 331 g/mol. The maximum atomic E-state index is 12.2. The van der Waals surface area contributed by atoms with Gasteiger partial charge in [0.05, 0.1) is 0 Å². The number of hydrogen-bond donors (Lipinski definition) is 1. The van der Waals surface area contributed by atoms with Crippen molar-refractivity contribution in [2.75, 3.05) is 16.8 Å². The highest BCUT2D eigenvalue weighted by Gasteiger charge is 2.17. The van der Waals surface area contributed by atoms with Gasteiger partial charge in [0.2, 0.25) is 11.8 Å². The molecule has 2 aromatic rings. The summed E-state index contributed by atoms with van der Waals surface area (Å²) in [5.74, 6) is -0.437. The molecule has 5 heteroatoms. The Bertz CT molecular complexity index is 726. The molecule has 0 aliphatic heterocycles. The van der Waals surface area contributed by atoms with Crippen LogP contribution >= 0.6 is 11.6 Å². The van der Waals surface area contributed by atoms with Crippen molar-refractivity contribution in [3.63, 3.8) is 0 Å². The summed E-state index contributed by atoms with van der Waals surface area (Å²) in [6.07, 6.45) is 0. The van der Waals surface area contributed by atoms with Crippen molar-refractivity contribution >= 4 is 34.8 Å². The third-order valence-corrected chi connectivity index (χ3v) is 3.72. The zero-order chi connectivity index (χ0) is 17.0. The van der Waals surface area contributed by atoms with Crippen molar-refractivity contribution in [1.82, 2.24) is 0 Å². The monoisotopic (exact) mass is 330 g/mol. The first-order valence-corrected chi connectivity index (χ1v) is 7.65. The Morgan fingerprint density at radius 2 is 1.74 bits per heavy atom. The molecule has 0 spiro atoms. The molecular weight excluding hydrogens is 312 g/mol. The molecule has 0 aromatic heterocycles. The van der Waals surface area contributed by atoms with Crippen LogP contribution in [0.15, 0.2) is 42.5 Å². The molecule has 2 aromatic carbocycles. The van der Waals surface area contributed by atoms with E-state index < -0.39 is 0 Å². The molecule has 23 heavy (non-hydrogen) atoms. The van der Waals surface area contributed by atoms with Gasteiger partial charge in [-0.15, -0.1) is 0 Å². The number of hydrogen-bond acceptors (Lipinski definition) is 2.